The van der Waals surface area contributed by atoms with Gasteiger partial charge in [0.2, 0.25) is 0 Å². The molecule has 3 fully saturated rings. The molecule has 4 N–H and O–H groups in total. The van der Waals surface area contributed by atoms with Gasteiger partial charge >= 0.3 is 13.6 Å². The first-order valence-electron chi connectivity index (χ1n) is 12.7. The minimum Gasteiger partial charge on any atom is -0.382 e. The van der Waals surface area contributed by atoms with Crippen molar-refractivity contribution in [1.82, 2.24) is 39.0 Å². The van der Waals surface area contributed by atoms with E-state index in [1.165, 1.54) is 28.1 Å². The van der Waals surface area contributed by atoms with Gasteiger partial charge in [-0.15, -0.1) is 0 Å². The van der Waals surface area contributed by atoms with Crippen molar-refractivity contribution in [1.29, 1.82) is 0 Å². The van der Waals surface area contributed by atoms with E-state index in [-0.39, 0.29) is 34.0 Å². The second-order valence-corrected chi connectivity index (χ2v) is 15.6. The van der Waals surface area contributed by atoms with Crippen LogP contribution in [0.3, 0.4) is 0 Å². The number of thiol groups is 2. The number of hydrogen-bond acceptors (Lipinski definition) is 16. The minimum absolute atomic E-state index is 0.0478. The van der Waals surface area contributed by atoms with Crippen molar-refractivity contribution in [3.8, 4) is 0 Å². The Morgan fingerprint density at radius 2 is 1.23 bits per heavy atom. The van der Waals surface area contributed by atoms with E-state index in [0.29, 0.717) is 0 Å². The fraction of sp³-hybridized carbons (Fsp3) is 0.500. The number of ether oxygens (including phenoxy) is 2. The Labute approximate surface area is 255 Å². The van der Waals surface area contributed by atoms with Crippen molar-refractivity contribution >= 4 is 72.1 Å². The molecule has 0 saturated carbocycles. The Morgan fingerprint density at radius 1 is 0.727 bits per heavy atom. The first-order chi connectivity index (χ1) is 20.9. The van der Waals surface area contributed by atoms with Gasteiger partial charge in [0, 0.05) is 0 Å². The predicted molar refractivity (Wildman–Crippen MR) is 152 cm³/mol. The molecule has 3 aliphatic rings. The summed E-state index contributed by atoms with van der Waals surface area (Å²) < 4.78 is 94.5. The number of nitrogens with zero attached hydrogens (tertiary/aromatic N) is 8. The van der Waals surface area contributed by atoms with Crippen molar-refractivity contribution in [2.75, 3.05) is 24.7 Å². The number of fused-ring (bicyclic) bond motifs is 5. The number of nitrogens with two attached hydrogens (primary N) is 2. The number of aromatic nitrogens is 8. The predicted octanol–water partition coefficient (Wildman–Crippen LogP) is 2.19. The average Bonchev–Trinajstić information content (AvgIpc) is 3.73. The van der Waals surface area contributed by atoms with Gasteiger partial charge in [-0.3, -0.25) is 27.2 Å². The Balaban J connectivity index is 1.20. The summed E-state index contributed by atoms with van der Waals surface area (Å²) in [6.07, 6.45) is -8.18. The number of hydrogen-bond donors (Lipinski definition) is 4. The quantitative estimate of drug-likeness (QED) is 0.174. The summed E-state index contributed by atoms with van der Waals surface area (Å²) in [7, 11) is 0. The highest BCUT2D eigenvalue weighted by molar-refractivity contribution is 8.44. The van der Waals surface area contributed by atoms with Gasteiger partial charge in [0.05, 0.1) is 25.9 Å². The number of halogens is 2. The van der Waals surface area contributed by atoms with Crippen LogP contribution >= 0.6 is 38.1 Å². The highest BCUT2D eigenvalue weighted by atomic mass is 32.7. The first kappa shape index (κ1) is 30.2. The number of nitrogen functional groups attached to an aromatic ring is 2. The minimum atomic E-state index is -4.43. The maximum atomic E-state index is 16.0. The molecule has 7 heterocycles. The van der Waals surface area contributed by atoms with Crippen LogP contribution in [0.5, 0.6) is 0 Å². The summed E-state index contributed by atoms with van der Waals surface area (Å²) in [5.41, 5.74) is 12.4. The summed E-state index contributed by atoms with van der Waals surface area (Å²) in [5.74, 6) is 0.0984. The maximum absolute atomic E-state index is 16.0. The lowest BCUT2D eigenvalue weighted by Gasteiger charge is -2.26. The van der Waals surface area contributed by atoms with E-state index in [1.807, 2.05) is 0 Å². The van der Waals surface area contributed by atoms with Gasteiger partial charge in [-0.1, -0.05) is 24.5 Å². The van der Waals surface area contributed by atoms with Crippen molar-refractivity contribution in [2.24, 2.45) is 0 Å². The molecule has 44 heavy (non-hydrogen) atoms. The SMILES string of the molecule is Nc1ncnc2c1ncn2[C@@H]1O[C@@H]2CO[P@@](=O)(S)O[C@@H]3[C@H](F)[C@@H](CO[P@@](=O)(S)O[C@H]2[C@H]1F)O[C@H]3n1cnc2c(N)ncnc21. The van der Waals surface area contributed by atoms with Gasteiger partial charge in [0.1, 0.15) is 48.1 Å². The summed E-state index contributed by atoms with van der Waals surface area (Å²) >= 11 is 7.99. The molecular formula is C20H22F2N10O8P2S2. The molecule has 236 valence electrons. The standard InChI is InChI=1S/C20H22F2N10O8P2S2/c21-9-7-1-35-41(33,43)39-13-8(38-19(10(13)22)31-5-29-11-15(23)25-3-27-17(11)31)2-36-42(34,44)40-14(9)20(37-7)32-6-30-12-16(24)26-4-28-18(12)32/h3-10,13-14,19-20H,1-2H2,(H,33,43)(H,34,44)(H2,23,25,27)(H2,24,26,28)/t7-,8-,9-,10-,13-,14-,19-,20-,41-,42-/m1/s1. The maximum Gasteiger partial charge on any atom is 0.386 e. The Hall–Kier alpha value is -2.52. The van der Waals surface area contributed by atoms with E-state index < -0.39 is 76.0 Å². The molecule has 0 aliphatic carbocycles. The third-order valence-electron chi connectivity index (χ3n) is 7.17. The van der Waals surface area contributed by atoms with Crippen LogP contribution in [0.1, 0.15) is 12.5 Å². The van der Waals surface area contributed by atoms with Crippen molar-refractivity contribution < 1.29 is 45.5 Å². The van der Waals surface area contributed by atoms with Crippen LogP contribution in [0.4, 0.5) is 20.4 Å². The second-order valence-electron chi connectivity index (χ2n) is 9.85. The third kappa shape index (κ3) is 5.25. The van der Waals surface area contributed by atoms with Crippen LogP contribution < -0.4 is 11.5 Å². The molecule has 24 heteroatoms. The van der Waals surface area contributed by atoms with Gasteiger partial charge in [0.25, 0.3) is 0 Å². The molecule has 18 nitrogen and oxygen atoms in total. The number of rotatable bonds is 2. The van der Waals surface area contributed by atoms with Crippen LogP contribution in [0, 0.1) is 0 Å². The summed E-state index contributed by atoms with van der Waals surface area (Å²) in [6.45, 7) is -10.2. The molecule has 4 aromatic heterocycles. The zero-order valence-corrected chi connectivity index (χ0v) is 25.5. The topological polar surface area (TPSA) is 229 Å². The normalized spacial score (nSPS) is 38.3. The average molecular weight is 695 g/mol. The van der Waals surface area contributed by atoms with E-state index in [0.717, 1.165) is 6.33 Å². The van der Waals surface area contributed by atoms with Crippen molar-refractivity contribution in [3.63, 3.8) is 0 Å². The van der Waals surface area contributed by atoms with Crippen LogP contribution in [0.15, 0.2) is 25.3 Å². The Bertz CT molecular complexity index is 1840. The lowest BCUT2D eigenvalue weighted by Crippen LogP contribution is -2.33. The highest BCUT2D eigenvalue weighted by Gasteiger charge is 2.54. The second kappa shape index (κ2) is 11.1. The third-order valence-corrected chi connectivity index (χ3v) is 10.4. The molecule has 3 saturated heterocycles. The smallest absolute Gasteiger partial charge is 0.382 e. The molecule has 4 aromatic rings. The Kier molecular flexibility index (Phi) is 7.59. The monoisotopic (exact) mass is 694 g/mol. The molecule has 0 aromatic carbocycles. The summed E-state index contributed by atoms with van der Waals surface area (Å²) in [4.78, 5) is 24.2. The number of anilines is 2. The molecule has 3 aliphatic heterocycles. The zero-order valence-electron chi connectivity index (χ0n) is 21.9. The van der Waals surface area contributed by atoms with E-state index >= 15 is 8.78 Å². The Morgan fingerprint density at radius 3 is 1.82 bits per heavy atom. The van der Waals surface area contributed by atoms with Crippen LogP contribution in [0.25, 0.3) is 22.3 Å². The molecule has 2 bridgehead atoms. The fourth-order valence-corrected chi connectivity index (χ4v) is 8.09. The molecule has 0 amide bonds. The van der Waals surface area contributed by atoms with Crippen molar-refractivity contribution in [2.45, 2.75) is 49.2 Å². The molecule has 0 spiro atoms. The van der Waals surface area contributed by atoms with Gasteiger partial charge in [-0.25, -0.2) is 47.8 Å². The zero-order chi connectivity index (χ0) is 31.0. The van der Waals surface area contributed by atoms with E-state index in [2.05, 4.69) is 54.4 Å². The fourth-order valence-electron chi connectivity index (χ4n) is 5.16. The molecular weight excluding hydrogens is 672 g/mol. The van der Waals surface area contributed by atoms with Gasteiger partial charge in [-0.2, -0.15) is 0 Å². The number of imidazole rings is 2. The van der Waals surface area contributed by atoms with Crippen LogP contribution in [-0.4, -0.2) is 89.0 Å². The van der Waals surface area contributed by atoms with Gasteiger partial charge in [-0.05, 0) is 0 Å². The van der Waals surface area contributed by atoms with Gasteiger partial charge < -0.3 is 20.9 Å². The number of alkyl halides is 2. The van der Waals surface area contributed by atoms with Crippen molar-refractivity contribution in [3.05, 3.63) is 25.3 Å². The van der Waals surface area contributed by atoms with E-state index in [9.17, 15) is 9.13 Å². The van der Waals surface area contributed by atoms with E-state index in [1.54, 1.807) is 0 Å². The van der Waals surface area contributed by atoms with Crippen LogP contribution in [-0.2, 0) is 36.7 Å². The molecule has 10 atom stereocenters. The largest absolute Gasteiger partial charge is 0.386 e. The lowest BCUT2D eigenvalue weighted by molar-refractivity contribution is -0.0563. The van der Waals surface area contributed by atoms with E-state index in [4.69, 9.17) is 39.0 Å². The summed E-state index contributed by atoms with van der Waals surface area (Å²) in [6, 6.07) is 0. The molecule has 7 rings (SSSR count). The molecule has 0 unspecified atom stereocenters. The molecule has 0 radical (unpaired) electrons. The highest BCUT2D eigenvalue weighted by Crippen LogP contribution is 2.60. The lowest BCUT2D eigenvalue weighted by atomic mass is 10.1. The first-order valence-corrected chi connectivity index (χ1v) is 18.1. The van der Waals surface area contributed by atoms with Gasteiger partial charge in [0.15, 0.2) is 47.7 Å². The van der Waals surface area contributed by atoms with Crippen LogP contribution in [0.2, 0.25) is 0 Å². The summed E-state index contributed by atoms with van der Waals surface area (Å²) in [5, 5.41) is 0.